The summed E-state index contributed by atoms with van der Waals surface area (Å²) in [6, 6.07) is 15.1. The molecule has 0 bridgehead atoms. The van der Waals surface area contributed by atoms with Crippen molar-refractivity contribution in [3.8, 4) is 0 Å². The first-order valence-electron chi connectivity index (χ1n) is 7.14. The van der Waals surface area contributed by atoms with Crippen LogP contribution in [-0.2, 0) is 10.0 Å². The maximum atomic E-state index is 12.3. The van der Waals surface area contributed by atoms with Crippen molar-refractivity contribution in [2.75, 3.05) is 11.3 Å². The molecule has 0 saturated heterocycles. The number of hydrogen-bond donors (Lipinski definition) is 3. The third-order valence-corrected chi connectivity index (χ3v) is 4.52. The number of aliphatic hydroxyl groups is 2. The first-order chi connectivity index (χ1) is 11.0. The van der Waals surface area contributed by atoms with Crippen LogP contribution in [0.4, 0.5) is 5.69 Å². The van der Waals surface area contributed by atoms with Crippen LogP contribution < -0.4 is 4.72 Å². The predicted octanol–water partition coefficient (Wildman–Crippen LogP) is 2.24. The zero-order chi connectivity index (χ0) is 16.7. The molecule has 3 N–H and O–H groups in total. The van der Waals surface area contributed by atoms with E-state index in [2.05, 4.69) is 4.72 Å². The molecular formula is C17H19NO4S. The smallest absolute Gasteiger partial charge is 0.261 e. The van der Waals surface area contributed by atoms with Crippen LogP contribution in [-0.4, -0.2) is 31.3 Å². The van der Waals surface area contributed by atoms with Gasteiger partial charge in [-0.15, -0.1) is 0 Å². The second-order valence-corrected chi connectivity index (χ2v) is 6.70. The van der Waals surface area contributed by atoms with Gasteiger partial charge in [-0.3, -0.25) is 4.72 Å². The van der Waals surface area contributed by atoms with Crippen LogP contribution in [0.1, 0.15) is 12.0 Å². The molecule has 1 unspecified atom stereocenters. The summed E-state index contributed by atoms with van der Waals surface area (Å²) in [5.74, 6) is 0. The van der Waals surface area contributed by atoms with Gasteiger partial charge in [-0.2, -0.15) is 0 Å². The van der Waals surface area contributed by atoms with Gasteiger partial charge in [0.2, 0.25) is 0 Å². The Labute approximate surface area is 136 Å². The van der Waals surface area contributed by atoms with Crippen molar-refractivity contribution in [3.63, 3.8) is 0 Å². The Morgan fingerprint density at radius 3 is 2.52 bits per heavy atom. The summed E-state index contributed by atoms with van der Waals surface area (Å²) in [5.41, 5.74) is 1.25. The minimum Gasteiger partial charge on any atom is -0.394 e. The number of nitrogens with one attached hydrogen (secondary N) is 1. The Balaban J connectivity index is 2.11. The third-order valence-electron chi connectivity index (χ3n) is 3.12. The molecule has 122 valence electrons. The molecule has 0 aliphatic heterocycles. The molecule has 2 aromatic carbocycles. The summed E-state index contributed by atoms with van der Waals surface area (Å²) in [4.78, 5) is 0.201. The van der Waals surface area contributed by atoms with E-state index >= 15 is 0 Å². The second-order valence-electron chi connectivity index (χ2n) is 5.02. The average molecular weight is 333 g/mol. The maximum Gasteiger partial charge on any atom is 0.261 e. The minimum atomic E-state index is -3.62. The van der Waals surface area contributed by atoms with Gasteiger partial charge in [0.15, 0.2) is 0 Å². The number of rotatable bonds is 7. The standard InChI is InChI=1S/C17H19NO4S/c19-13-16(20)9-5-7-14-6-4-8-15(12-14)18-23(21,22)17-10-2-1-3-11-17/h1-8,10-12,16,18-20H,9,13H2/b7-5+. The van der Waals surface area contributed by atoms with E-state index < -0.39 is 16.1 Å². The van der Waals surface area contributed by atoms with Crippen LogP contribution in [0.25, 0.3) is 6.08 Å². The molecule has 0 heterocycles. The Bertz CT molecular complexity index is 757. The third kappa shape index (κ3) is 5.21. The predicted molar refractivity (Wildman–Crippen MR) is 90.4 cm³/mol. The van der Waals surface area contributed by atoms with E-state index in [0.29, 0.717) is 12.1 Å². The van der Waals surface area contributed by atoms with Crippen molar-refractivity contribution in [2.45, 2.75) is 17.4 Å². The minimum absolute atomic E-state index is 0.201. The van der Waals surface area contributed by atoms with Gasteiger partial charge >= 0.3 is 0 Å². The Morgan fingerprint density at radius 1 is 1.09 bits per heavy atom. The lowest BCUT2D eigenvalue weighted by Crippen LogP contribution is -2.12. The molecule has 5 nitrogen and oxygen atoms in total. The zero-order valence-corrected chi connectivity index (χ0v) is 13.3. The molecule has 1 atom stereocenters. The Hall–Kier alpha value is -2.15. The van der Waals surface area contributed by atoms with E-state index in [0.717, 1.165) is 5.56 Å². The largest absolute Gasteiger partial charge is 0.394 e. The quantitative estimate of drug-likeness (QED) is 0.725. The molecule has 2 aromatic rings. The molecular weight excluding hydrogens is 314 g/mol. The normalized spacial score (nSPS) is 13.1. The number of sulfonamides is 1. The van der Waals surface area contributed by atoms with Gasteiger partial charge in [0.05, 0.1) is 17.6 Å². The molecule has 6 heteroatoms. The van der Waals surface area contributed by atoms with E-state index in [1.165, 1.54) is 12.1 Å². The fourth-order valence-electron chi connectivity index (χ4n) is 1.96. The van der Waals surface area contributed by atoms with Gasteiger partial charge in [0.25, 0.3) is 10.0 Å². The van der Waals surface area contributed by atoms with E-state index in [4.69, 9.17) is 5.11 Å². The average Bonchev–Trinajstić information content (AvgIpc) is 2.55. The van der Waals surface area contributed by atoms with Gasteiger partial charge in [-0.05, 0) is 36.2 Å². The highest BCUT2D eigenvalue weighted by Gasteiger charge is 2.13. The molecule has 0 amide bonds. The van der Waals surface area contributed by atoms with E-state index in [9.17, 15) is 13.5 Å². The van der Waals surface area contributed by atoms with Crippen LogP contribution in [0.5, 0.6) is 0 Å². The fraction of sp³-hybridized carbons (Fsp3) is 0.176. The highest BCUT2D eigenvalue weighted by Crippen LogP contribution is 2.17. The van der Waals surface area contributed by atoms with Crippen molar-refractivity contribution in [3.05, 3.63) is 66.2 Å². The van der Waals surface area contributed by atoms with E-state index in [1.807, 2.05) is 6.07 Å². The lowest BCUT2D eigenvalue weighted by Gasteiger charge is -2.08. The first kappa shape index (κ1) is 17.2. The lowest BCUT2D eigenvalue weighted by molar-refractivity contribution is 0.0977. The van der Waals surface area contributed by atoms with Gasteiger partial charge in [0, 0.05) is 5.69 Å². The van der Waals surface area contributed by atoms with E-state index in [1.54, 1.807) is 48.6 Å². The number of hydrogen-bond acceptors (Lipinski definition) is 4. The molecule has 0 aliphatic rings. The molecule has 0 saturated carbocycles. The first-order valence-corrected chi connectivity index (χ1v) is 8.63. The molecule has 0 spiro atoms. The van der Waals surface area contributed by atoms with Crippen LogP contribution in [0.2, 0.25) is 0 Å². The molecule has 0 fully saturated rings. The summed E-state index contributed by atoms with van der Waals surface area (Å²) in [5, 5.41) is 18.0. The molecule has 0 radical (unpaired) electrons. The van der Waals surface area contributed by atoms with E-state index in [-0.39, 0.29) is 11.5 Å². The Kier molecular flexibility index (Phi) is 5.92. The van der Waals surface area contributed by atoms with Crippen LogP contribution >= 0.6 is 0 Å². The van der Waals surface area contributed by atoms with Crippen LogP contribution in [0, 0.1) is 0 Å². The van der Waals surface area contributed by atoms with Crippen molar-refractivity contribution in [1.29, 1.82) is 0 Å². The van der Waals surface area contributed by atoms with Gasteiger partial charge in [0.1, 0.15) is 0 Å². The van der Waals surface area contributed by atoms with Crippen molar-refractivity contribution in [1.82, 2.24) is 0 Å². The number of benzene rings is 2. The molecule has 2 rings (SSSR count). The summed E-state index contributed by atoms with van der Waals surface area (Å²) < 4.78 is 27.1. The van der Waals surface area contributed by atoms with Gasteiger partial charge in [-0.25, -0.2) is 8.42 Å². The van der Waals surface area contributed by atoms with Crippen molar-refractivity contribution < 1.29 is 18.6 Å². The van der Waals surface area contributed by atoms with Crippen LogP contribution in [0.3, 0.4) is 0 Å². The lowest BCUT2D eigenvalue weighted by atomic mass is 10.1. The van der Waals surface area contributed by atoms with Gasteiger partial charge < -0.3 is 10.2 Å². The topological polar surface area (TPSA) is 86.6 Å². The summed E-state index contributed by atoms with van der Waals surface area (Å²) >= 11 is 0. The van der Waals surface area contributed by atoms with Crippen LogP contribution in [0.15, 0.2) is 65.6 Å². The highest BCUT2D eigenvalue weighted by atomic mass is 32.2. The second kappa shape index (κ2) is 7.92. The summed E-state index contributed by atoms with van der Waals surface area (Å²) in [7, 11) is -3.62. The summed E-state index contributed by atoms with van der Waals surface area (Å²) in [6.45, 7) is -0.290. The maximum absolute atomic E-state index is 12.3. The van der Waals surface area contributed by atoms with Gasteiger partial charge in [-0.1, -0.05) is 42.5 Å². The SMILES string of the molecule is O=S(=O)(Nc1cccc(/C=C/CC(O)CO)c1)c1ccccc1. The fourth-order valence-corrected chi connectivity index (χ4v) is 3.03. The monoisotopic (exact) mass is 333 g/mol. The number of anilines is 1. The zero-order valence-electron chi connectivity index (χ0n) is 12.5. The molecule has 0 aromatic heterocycles. The van der Waals surface area contributed by atoms with Crippen molar-refractivity contribution >= 4 is 21.8 Å². The number of aliphatic hydroxyl groups excluding tert-OH is 2. The molecule has 23 heavy (non-hydrogen) atoms. The summed E-state index contributed by atoms with van der Waals surface area (Å²) in [6.07, 6.45) is 3.03. The highest BCUT2D eigenvalue weighted by molar-refractivity contribution is 7.92. The molecule has 0 aliphatic carbocycles. The Morgan fingerprint density at radius 2 is 1.83 bits per heavy atom. The van der Waals surface area contributed by atoms with Crippen molar-refractivity contribution in [2.24, 2.45) is 0 Å².